The summed E-state index contributed by atoms with van der Waals surface area (Å²) in [4.78, 5) is 19.3. The number of hydrogen-bond donors (Lipinski definition) is 1. The van der Waals surface area contributed by atoms with Gasteiger partial charge in [-0.1, -0.05) is 0 Å². The summed E-state index contributed by atoms with van der Waals surface area (Å²) in [6.45, 7) is 9.47. The van der Waals surface area contributed by atoms with Crippen LogP contribution < -0.4 is 5.32 Å². The molecule has 4 fully saturated rings. The summed E-state index contributed by atoms with van der Waals surface area (Å²) in [5.74, 6) is 1.66. The lowest BCUT2D eigenvalue weighted by molar-refractivity contribution is -0.125. The largest absolute Gasteiger partial charge is 0.375 e. The van der Waals surface area contributed by atoms with Gasteiger partial charge in [0.15, 0.2) is 0 Å². The minimum absolute atomic E-state index is 0.00383. The first-order chi connectivity index (χ1) is 11.2. The highest BCUT2D eigenvalue weighted by Gasteiger charge is 2.40. The Morgan fingerprint density at radius 3 is 2.65 bits per heavy atom. The third-order valence-corrected chi connectivity index (χ3v) is 5.91. The van der Waals surface area contributed by atoms with Crippen LogP contribution in [0.4, 0.5) is 0 Å². The minimum Gasteiger partial charge on any atom is -0.375 e. The summed E-state index contributed by atoms with van der Waals surface area (Å²) in [7, 11) is 3.78. The number of piperidine rings is 3. The van der Waals surface area contributed by atoms with Crippen LogP contribution >= 0.6 is 0 Å². The molecular formula is C17H32N4O2. The first kappa shape index (κ1) is 17.1. The van der Waals surface area contributed by atoms with Gasteiger partial charge in [-0.2, -0.15) is 0 Å². The maximum atomic E-state index is 11.6. The van der Waals surface area contributed by atoms with Gasteiger partial charge < -0.3 is 19.9 Å². The number of methoxy groups -OCH3 is 1. The number of carbonyl (C=O) groups is 1. The van der Waals surface area contributed by atoms with Crippen LogP contribution in [0.1, 0.15) is 12.8 Å². The quantitative estimate of drug-likeness (QED) is 0.727. The molecule has 0 aliphatic carbocycles. The Bertz CT molecular complexity index is 398. The van der Waals surface area contributed by atoms with Gasteiger partial charge in [-0.15, -0.1) is 0 Å². The lowest BCUT2D eigenvalue weighted by Gasteiger charge is -2.51. The molecule has 4 heterocycles. The van der Waals surface area contributed by atoms with E-state index in [0.717, 1.165) is 18.4 Å². The second-order valence-corrected chi connectivity index (χ2v) is 7.53. The van der Waals surface area contributed by atoms with Crippen molar-refractivity contribution in [1.29, 1.82) is 0 Å². The van der Waals surface area contributed by atoms with Gasteiger partial charge in [0.05, 0.1) is 0 Å². The Balaban J connectivity index is 1.44. The zero-order valence-electron chi connectivity index (χ0n) is 14.7. The van der Waals surface area contributed by atoms with Crippen LogP contribution in [0.25, 0.3) is 0 Å². The molecule has 0 radical (unpaired) electrons. The second-order valence-electron chi connectivity index (χ2n) is 7.53. The summed E-state index contributed by atoms with van der Waals surface area (Å²) in [5, 5.41) is 3.02. The number of rotatable bonds is 6. The van der Waals surface area contributed by atoms with Crippen molar-refractivity contribution in [2.75, 3.05) is 73.1 Å². The van der Waals surface area contributed by atoms with Gasteiger partial charge in [-0.3, -0.25) is 9.69 Å². The van der Waals surface area contributed by atoms with Crippen molar-refractivity contribution < 1.29 is 9.53 Å². The number of carbonyl (C=O) groups excluding carboxylic acids is 1. The molecule has 4 aliphatic rings. The van der Waals surface area contributed by atoms with E-state index in [1.165, 1.54) is 58.7 Å². The first-order valence-corrected chi connectivity index (χ1v) is 9.06. The van der Waals surface area contributed by atoms with E-state index in [0.29, 0.717) is 6.04 Å². The van der Waals surface area contributed by atoms with E-state index >= 15 is 0 Å². The summed E-state index contributed by atoms with van der Waals surface area (Å²) < 4.78 is 4.88. The van der Waals surface area contributed by atoms with Crippen LogP contribution in [0.3, 0.4) is 0 Å². The van der Waals surface area contributed by atoms with Crippen molar-refractivity contribution in [2.45, 2.75) is 18.9 Å². The Hall–Kier alpha value is -0.690. The number of nitrogens with one attached hydrogen (secondary N) is 1. The number of hydrogen-bond acceptors (Lipinski definition) is 5. The Kier molecular flexibility index (Phi) is 5.91. The lowest BCUT2D eigenvalue weighted by Crippen LogP contribution is -2.59. The SMILES string of the molecule is COCC(=O)NC[C@H]1C[C@@H]2CCN1C[C@@H]2CN1CCN(C)CC1. The van der Waals surface area contributed by atoms with Crippen molar-refractivity contribution in [3.05, 3.63) is 0 Å². The smallest absolute Gasteiger partial charge is 0.246 e. The summed E-state index contributed by atoms with van der Waals surface area (Å²) in [6, 6.07) is 0.526. The molecule has 4 atom stereocenters. The number of fused-ring (bicyclic) bond motifs is 3. The fraction of sp³-hybridized carbons (Fsp3) is 0.941. The van der Waals surface area contributed by atoms with E-state index in [9.17, 15) is 4.79 Å². The lowest BCUT2D eigenvalue weighted by atomic mass is 9.75. The van der Waals surface area contributed by atoms with Crippen molar-refractivity contribution in [2.24, 2.45) is 11.8 Å². The van der Waals surface area contributed by atoms with Gasteiger partial charge >= 0.3 is 0 Å². The average molecular weight is 324 g/mol. The minimum atomic E-state index is 0.00383. The highest BCUT2D eigenvalue weighted by molar-refractivity contribution is 5.77. The molecular weight excluding hydrogens is 292 g/mol. The van der Waals surface area contributed by atoms with Gasteiger partial charge in [0.2, 0.25) is 5.91 Å². The average Bonchev–Trinajstić information content (AvgIpc) is 2.56. The van der Waals surface area contributed by atoms with Crippen molar-refractivity contribution >= 4 is 5.91 Å². The third-order valence-electron chi connectivity index (χ3n) is 5.91. The summed E-state index contributed by atoms with van der Waals surface area (Å²) in [5.41, 5.74) is 0. The Labute approximate surface area is 140 Å². The van der Waals surface area contributed by atoms with Gasteiger partial charge in [0.25, 0.3) is 0 Å². The van der Waals surface area contributed by atoms with Crippen LogP contribution in [0.15, 0.2) is 0 Å². The van der Waals surface area contributed by atoms with Gasteiger partial charge in [0.1, 0.15) is 6.61 Å². The molecule has 0 spiro atoms. The molecule has 4 aliphatic heterocycles. The molecule has 0 aromatic carbocycles. The molecule has 2 bridgehead atoms. The summed E-state index contributed by atoms with van der Waals surface area (Å²) in [6.07, 6.45) is 2.58. The Morgan fingerprint density at radius 1 is 1.22 bits per heavy atom. The van der Waals surface area contributed by atoms with Crippen LogP contribution in [-0.4, -0.2) is 99.8 Å². The maximum absolute atomic E-state index is 11.6. The van der Waals surface area contributed by atoms with E-state index < -0.39 is 0 Å². The molecule has 132 valence electrons. The standard InChI is InChI=1S/C17H32N4O2/c1-19-5-7-20(8-6-19)11-15-12-21-4-3-14(15)9-16(21)10-18-17(22)13-23-2/h14-16H,3-13H2,1-2H3,(H,18,22)/t14-,15-,16+/m0/s1. The molecule has 6 nitrogen and oxygen atoms in total. The molecule has 1 amide bonds. The second kappa shape index (κ2) is 7.92. The van der Waals surface area contributed by atoms with Gasteiger partial charge in [-0.25, -0.2) is 0 Å². The molecule has 0 aromatic rings. The summed E-state index contributed by atoms with van der Waals surface area (Å²) >= 11 is 0. The normalized spacial score (nSPS) is 35.4. The van der Waals surface area contributed by atoms with Crippen molar-refractivity contribution in [3.8, 4) is 0 Å². The van der Waals surface area contributed by atoms with Crippen LogP contribution in [0.2, 0.25) is 0 Å². The topological polar surface area (TPSA) is 48.1 Å². The molecule has 0 saturated carbocycles. The fourth-order valence-electron chi connectivity index (χ4n) is 4.44. The van der Waals surface area contributed by atoms with E-state index in [1.54, 1.807) is 7.11 Å². The van der Waals surface area contributed by atoms with Crippen molar-refractivity contribution in [3.63, 3.8) is 0 Å². The molecule has 6 heteroatoms. The van der Waals surface area contributed by atoms with E-state index in [4.69, 9.17) is 4.74 Å². The third kappa shape index (κ3) is 4.44. The predicted octanol–water partition coefficient (Wildman–Crippen LogP) is -0.293. The molecule has 4 rings (SSSR count). The fourth-order valence-corrected chi connectivity index (χ4v) is 4.44. The molecule has 4 saturated heterocycles. The zero-order chi connectivity index (χ0) is 16.2. The van der Waals surface area contributed by atoms with Crippen molar-refractivity contribution in [1.82, 2.24) is 20.0 Å². The highest BCUT2D eigenvalue weighted by atomic mass is 16.5. The number of amides is 1. The number of nitrogens with zero attached hydrogens (tertiary/aromatic N) is 3. The zero-order valence-corrected chi connectivity index (χ0v) is 14.7. The van der Waals surface area contributed by atoms with Gasteiger partial charge in [0, 0.05) is 59.0 Å². The first-order valence-electron chi connectivity index (χ1n) is 9.06. The van der Waals surface area contributed by atoms with E-state index in [-0.39, 0.29) is 12.5 Å². The predicted molar refractivity (Wildman–Crippen MR) is 90.4 cm³/mol. The number of likely N-dealkylation sites (N-methyl/N-ethyl adjacent to an activating group) is 1. The van der Waals surface area contributed by atoms with Crippen LogP contribution in [-0.2, 0) is 9.53 Å². The monoisotopic (exact) mass is 324 g/mol. The number of piperazine rings is 1. The highest BCUT2D eigenvalue weighted by Crippen LogP contribution is 2.36. The van der Waals surface area contributed by atoms with Crippen LogP contribution in [0, 0.1) is 11.8 Å². The molecule has 0 aromatic heterocycles. The van der Waals surface area contributed by atoms with E-state index in [2.05, 4.69) is 27.1 Å². The van der Waals surface area contributed by atoms with Gasteiger partial charge in [-0.05, 0) is 38.3 Å². The van der Waals surface area contributed by atoms with E-state index in [1.807, 2.05) is 0 Å². The molecule has 1 N–H and O–H groups in total. The van der Waals surface area contributed by atoms with Crippen LogP contribution in [0.5, 0.6) is 0 Å². The Morgan fingerprint density at radius 2 is 2.00 bits per heavy atom. The molecule has 23 heavy (non-hydrogen) atoms. The maximum Gasteiger partial charge on any atom is 0.246 e. The molecule has 1 unspecified atom stereocenters. The number of ether oxygens (including phenoxy) is 1.